The van der Waals surface area contributed by atoms with Gasteiger partial charge in [0.2, 0.25) is 21.6 Å². The first-order valence-electron chi connectivity index (χ1n) is 13.8. The molecular formula is C28H40FN6O3S+. The quantitative estimate of drug-likeness (QED) is 0.396. The van der Waals surface area contributed by atoms with E-state index in [1.54, 1.807) is 47.9 Å². The molecule has 1 aromatic carbocycles. The number of anilines is 1. The van der Waals surface area contributed by atoms with Gasteiger partial charge in [-0.3, -0.25) is 4.79 Å². The maximum atomic E-state index is 13.9. The summed E-state index contributed by atoms with van der Waals surface area (Å²) in [5.74, 6) is -0.271. The molecule has 1 aliphatic carbocycles. The zero-order valence-corrected chi connectivity index (χ0v) is 24.3. The van der Waals surface area contributed by atoms with Gasteiger partial charge in [-0.05, 0) is 65.0 Å². The molecule has 1 unspecified atom stereocenters. The van der Waals surface area contributed by atoms with Gasteiger partial charge in [0.15, 0.2) is 6.21 Å². The summed E-state index contributed by atoms with van der Waals surface area (Å²) in [4.78, 5) is 16.9. The first-order chi connectivity index (χ1) is 18.4. The maximum Gasteiger partial charge on any atom is 0.250 e. The lowest BCUT2D eigenvalue weighted by molar-refractivity contribution is -0.438. The fourth-order valence-corrected chi connectivity index (χ4v) is 7.34. The fraction of sp³-hybridized carbons (Fsp3) is 0.607. The Balaban J connectivity index is 1.52. The van der Waals surface area contributed by atoms with Crippen LogP contribution in [0.3, 0.4) is 0 Å². The molecule has 4 aliphatic rings. The Labute approximate surface area is 230 Å². The Morgan fingerprint density at radius 2 is 1.95 bits per heavy atom. The molecule has 9 nitrogen and oxygen atoms in total. The number of halogens is 1. The van der Waals surface area contributed by atoms with Gasteiger partial charge in [-0.2, -0.15) is 0 Å². The van der Waals surface area contributed by atoms with Crippen LogP contribution in [0.1, 0.15) is 59.4 Å². The normalized spacial score (nSPS) is 29.3. The first kappa shape index (κ1) is 27.9. The van der Waals surface area contributed by atoms with Crippen molar-refractivity contribution in [1.29, 1.82) is 0 Å². The van der Waals surface area contributed by atoms with E-state index >= 15 is 0 Å². The molecule has 212 valence electrons. The van der Waals surface area contributed by atoms with Crippen LogP contribution in [0.2, 0.25) is 0 Å². The van der Waals surface area contributed by atoms with Crippen LogP contribution in [-0.2, 0) is 14.8 Å². The molecule has 0 spiro atoms. The Morgan fingerprint density at radius 3 is 2.56 bits per heavy atom. The summed E-state index contributed by atoms with van der Waals surface area (Å²) in [6, 6.07) is 3.44. The first-order valence-corrected chi connectivity index (χ1v) is 15.3. The smallest absolute Gasteiger partial charge is 0.250 e. The van der Waals surface area contributed by atoms with Crippen LogP contribution < -0.4 is 14.9 Å². The van der Waals surface area contributed by atoms with E-state index in [1.807, 2.05) is 13.1 Å². The molecular weight excluding hydrogens is 519 g/mol. The van der Waals surface area contributed by atoms with Gasteiger partial charge < -0.3 is 15.1 Å². The number of amides is 1. The molecule has 0 aromatic heterocycles. The van der Waals surface area contributed by atoms with E-state index in [9.17, 15) is 17.6 Å². The zero-order chi connectivity index (χ0) is 28.1. The lowest BCUT2D eigenvalue weighted by Gasteiger charge is -2.38. The van der Waals surface area contributed by atoms with Crippen molar-refractivity contribution < 1.29 is 22.3 Å². The number of fused-ring (bicyclic) bond motifs is 1. The second kappa shape index (κ2) is 10.4. The SMILES string of the molecule is C/C=C(/C)C(=O)N1CC(/C=[N+]2\N=Cc3c(N4C[C@H](C)N[C@@H](C)C4)cc(S(=O)(=O)NC4(C)CC4)cc32)C[C@H]1CF. The number of carbonyl (C=O) groups is 1. The topological polar surface area (TPSA) is 97.1 Å². The van der Waals surface area contributed by atoms with Gasteiger partial charge in [0, 0.05) is 48.9 Å². The van der Waals surface area contributed by atoms with E-state index in [0.717, 1.165) is 37.2 Å². The third kappa shape index (κ3) is 5.67. The van der Waals surface area contributed by atoms with Crippen molar-refractivity contribution in [3.63, 3.8) is 0 Å². The maximum absolute atomic E-state index is 13.9. The predicted octanol–water partition coefficient (Wildman–Crippen LogP) is 2.92. The van der Waals surface area contributed by atoms with Crippen molar-refractivity contribution in [2.75, 3.05) is 31.2 Å². The number of hydrogen-bond donors (Lipinski definition) is 2. The highest BCUT2D eigenvalue weighted by Crippen LogP contribution is 2.39. The van der Waals surface area contributed by atoms with E-state index in [4.69, 9.17) is 0 Å². The minimum atomic E-state index is -3.76. The number of nitrogens with zero attached hydrogens (tertiary/aromatic N) is 4. The fourth-order valence-electron chi connectivity index (χ4n) is 5.84. The van der Waals surface area contributed by atoms with Crippen molar-refractivity contribution >= 4 is 39.7 Å². The van der Waals surface area contributed by atoms with Crippen LogP contribution in [0.25, 0.3) is 0 Å². The molecule has 5 rings (SSSR count). The molecule has 0 radical (unpaired) electrons. The van der Waals surface area contributed by atoms with Gasteiger partial charge in [0.05, 0.1) is 28.1 Å². The number of rotatable bonds is 7. The largest absolute Gasteiger partial charge is 0.368 e. The number of hydrogen-bond acceptors (Lipinski definition) is 6. The summed E-state index contributed by atoms with van der Waals surface area (Å²) in [6.45, 7) is 11.0. The number of nitrogens with one attached hydrogen (secondary N) is 2. The third-order valence-electron chi connectivity index (χ3n) is 8.27. The molecule has 11 heteroatoms. The molecule has 2 saturated heterocycles. The van der Waals surface area contributed by atoms with Gasteiger partial charge in [-0.25, -0.2) is 17.5 Å². The minimum Gasteiger partial charge on any atom is -0.368 e. The highest BCUT2D eigenvalue weighted by Gasteiger charge is 2.43. The lowest BCUT2D eigenvalue weighted by Crippen LogP contribution is -2.54. The average Bonchev–Trinajstić information content (AvgIpc) is 3.27. The van der Waals surface area contributed by atoms with Crippen molar-refractivity contribution in [2.24, 2.45) is 11.0 Å². The number of sulfonamides is 1. The molecule has 1 saturated carbocycles. The van der Waals surface area contributed by atoms with Gasteiger partial charge >= 0.3 is 0 Å². The van der Waals surface area contributed by atoms with Crippen LogP contribution in [0, 0.1) is 5.92 Å². The molecule has 3 heterocycles. The van der Waals surface area contributed by atoms with Crippen molar-refractivity contribution in [3.05, 3.63) is 29.3 Å². The molecule has 3 fully saturated rings. The number of allylic oxidation sites excluding steroid dienone is 1. The molecule has 4 atom stereocenters. The summed E-state index contributed by atoms with van der Waals surface area (Å²) in [5, 5.41) is 8.16. The van der Waals surface area contributed by atoms with Crippen LogP contribution in [0.5, 0.6) is 0 Å². The average molecular weight is 560 g/mol. The highest BCUT2D eigenvalue weighted by molar-refractivity contribution is 7.89. The van der Waals surface area contributed by atoms with E-state index in [-0.39, 0.29) is 28.8 Å². The highest BCUT2D eigenvalue weighted by atomic mass is 32.2. The van der Waals surface area contributed by atoms with E-state index in [0.29, 0.717) is 24.2 Å². The van der Waals surface area contributed by atoms with Crippen molar-refractivity contribution in [3.8, 4) is 0 Å². The third-order valence-corrected chi connectivity index (χ3v) is 9.88. The van der Waals surface area contributed by atoms with Crippen LogP contribution >= 0.6 is 0 Å². The van der Waals surface area contributed by atoms with E-state index in [2.05, 4.69) is 33.9 Å². The second-order valence-electron chi connectivity index (χ2n) is 11.9. The standard InChI is InChI=1S/C28H40FN6O3S/c1-6-18(2)27(36)34-16-21(9-22(34)12-29)17-35-26-11-23(39(37,38)32-28(5)7-8-28)10-25(24(26)13-30-35)33-14-19(3)31-20(4)15-33/h6,10-11,13,17,19-22,31-32H,7-9,12,14-16H2,1-5H3/q+1/b18-6-,35-17-/t19-,20-,21?,22-/m0/s1. The number of alkyl halides is 1. The van der Waals surface area contributed by atoms with Crippen molar-refractivity contribution in [1.82, 2.24) is 14.9 Å². The monoisotopic (exact) mass is 559 g/mol. The number of hydrazone groups is 1. The molecule has 1 aromatic rings. The summed E-state index contributed by atoms with van der Waals surface area (Å²) in [6.07, 6.45) is 7.55. The number of likely N-dealkylation sites (tertiary alicyclic amines) is 1. The summed E-state index contributed by atoms with van der Waals surface area (Å²) < 4.78 is 45.5. The van der Waals surface area contributed by atoms with Gasteiger partial charge in [-0.1, -0.05) is 10.8 Å². The molecule has 0 bridgehead atoms. The second-order valence-corrected chi connectivity index (χ2v) is 13.6. The predicted molar refractivity (Wildman–Crippen MR) is 151 cm³/mol. The zero-order valence-electron chi connectivity index (χ0n) is 23.4. The Hall–Kier alpha value is -2.63. The number of benzene rings is 1. The van der Waals surface area contributed by atoms with Crippen LogP contribution in [0.4, 0.5) is 15.8 Å². The number of piperazine rings is 1. The molecule has 2 N–H and O–H groups in total. The van der Waals surface area contributed by atoms with Crippen molar-refractivity contribution in [2.45, 2.75) is 82.4 Å². The summed E-state index contributed by atoms with van der Waals surface area (Å²) in [7, 11) is -3.76. The van der Waals surface area contributed by atoms with Gasteiger partial charge in [-0.15, -0.1) is 0 Å². The lowest BCUT2D eigenvalue weighted by atomic mass is 10.1. The van der Waals surface area contributed by atoms with E-state index in [1.165, 1.54) is 0 Å². The van der Waals surface area contributed by atoms with Crippen LogP contribution in [-0.4, -0.2) is 86.3 Å². The number of carbonyl (C=O) groups excluding carboxylic acids is 1. The van der Waals surface area contributed by atoms with E-state index < -0.39 is 28.3 Å². The molecule has 39 heavy (non-hydrogen) atoms. The molecule has 3 aliphatic heterocycles. The minimum absolute atomic E-state index is 0.117. The van der Waals surface area contributed by atoms with Gasteiger partial charge in [0.25, 0.3) is 0 Å². The summed E-state index contributed by atoms with van der Waals surface area (Å²) in [5.41, 5.74) is 2.57. The summed E-state index contributed by atoms with van der Waals surface area (Å²) >= 11 is 0. The van der Waals surface area contributed by atoms with Crippen LogP contribution in [0.15, 0.2) is 33.8 Å². The molecule has 1 amide bonds. The van der Waals surface area contributed by atoms with Gasteiger partial charge in [0.1, 0.15) is 12.9 Å². The Morgan fingerprint density at radius 1 is 1.26 bits per heavy atom. The Kier molecular flexibility index (Phi) is 7.45. The Bertz CT molecular complexity index is 1340.